The van der Waals surface area contributed by atoms with Crippen molar-refractivity contribution in [2.24, 2.45) is 0 Å². The molecule has 8 heteroatoms. The van der Waals surface area contributed by atoms with Crippen LogP contribution in [0.5, 0.6) is 5.75 Å². The van der Waals surface area contributed by atoms with Crippen molar-refractivity contribution in [3.63, 3.8) is 0 Å². The highest BCUT2D eigenvalue weighted by molar-refractivity contribution is 8.01. The minimum atomic E-state index is 0.319. The number of aromatic nitrogens is 4. The minimum absolute atomic E-state index is 0.319. The second-order valence-corrected chi connectivity index (χ2v) is 4.42. The van der Waals surface area contributed by atoms with E-state index in [-0.39, 0.29) is 0 Å². The average molecular weight is 241 g/mol. The SMILES string of the molecule is COc1c(N)ncnc1Sc1ncns1. The van der Waals surface area contributed by atoms with E-state index in [0.717, 1.165) is 4.34 Å². The summed E-state index contributed by atoms with van der Waals surface area (Å²) in [7, 11) is 1.53. The predicted octanol–water partition coefficient (Wildman–Crippen LogP) is 1.07. The molecule has 0 atom stereocenters. The highest BCUT2D eigenvalue weighted by atomic mass is 32.2. The van der Waals surface area contributed by atoms with E-state index in [1.54, 1.807) is 0 Å². The molecule has 0 aliphatic rings. The first-order chi connectivity index (χ1) is 7.31. The highest BCUT2D eigenvalue weighted by Gasteiger charge is 2.12. The zero-order valence-electron chi connectivity index (χ0n) is 7.75. The molecule has 2 rings (SSSR count). The Morgan fingerprint density at radius 2 is 2.20 bits per heavy atom. The molecule has 0 saturated heterocycles. The number of nitrogens with two attached hydrogens (primary N) is 1. The van der Waals surface area contributed by atoms with Crippen molar-refractivity contribution in [2.75, 3.05) is 12.8 Å². The van der Waals surface area contributed by atoms with E-state index in [1.807, 2.05) is 0 Å². The van der Waals surface area contributed by atoms with Gasteiger partial charge in [-0.25, -0.2) is 15.0 Å². The van der Waals surface area contributed by atoms with E-state index in [9.17, 15) is 0 Å². The quantitative estimate of drug-likeness (QED) is 0.804. The molecule has 2 N–H and O–H groups in total. The second kappa shape index (κ2) is 4.41. The summed E-state index contributed by atoms with van der Waals surface area (Å²) in [5.41, 5.74) is 5.64. The van der Waals surface area contributed by atoms with Crippen LogP contribution in [0.4, 0.5) is 5.82 Å². The van der Waals surface area contributed by atoms with Gasteiger partial charge in [-0.15, -0.1) is 0 Å². The molecule has 0 amide bonds. The van der Waals surface area contributed by atoms with Crippen LogP contribution in [0.15, 0.2) is 22.0 Å². The highest BCUT2D eigenvalue weighted by Crippen LogP contribution is 2.35. The third-order valence-corrected chi connectivity index (χ3v) is 3.23. The van der Waals surface area contributed by atoms with Crippen molar-refractivity contribution >= 4 is 29.1 Å². The molecule has 0 radical (unpaired) electrons. The second-order valence-electron chi connectivity index (χ2n) is 2.41. The van der Waals surface area contributed by atoms with E-state index in [4.69, 9.17) is 10.5 Å². The van der Waals surface area contributed by atoms with Gasteiger partial charge in [-0.1, -0.05) is 0 Å². The maximum absolute atomic E-state index is 5.64. The molecule has 6 nitrogen and oxygen atoms in total. The number of hydrogen-bond acceptors (Lipinski definition) is 8. The van der Waals surface area contributed by atoms with Gasteiger partial charge in [0.05, 0.1) is 7.11 Å². The Balaban J connectivity index is 2.32. The lowest BCUT2D eigenvalue weighted by atomic mass is 10.5. The Hall–Kier alpha value is -1.41. The van der Waals surface area contributed by atoms with E-state index in [2.05, 4.69) is 19.3 Å². The number of rotatable bonds is 3. The number of methoxy groups -OCH3 is 1. The van der Waals surface area contributed by atoms with Gasteiger partial charge in [0.25, 0.3) is 0 Å². The van der Waals surface area contributed by atoms with Crippen LogP contribution in [0.3, 0.4) is 0 Å². The maximum atomic E-state index is 5.64. The molecule has 0 aliphatic heterocycles. The van der Waals surface area contributed by atoms with Gasteiger partial charge in [-0.05, 0) is 23.3 Å². The molecule has 2 heterocycles. The van der Waals surface area contributed by atoms with Gasteiger partial charge < -0.3 is 10.5 Å². The molecule has 15 heavy (non-hydrogen) atoms. The fraction of sp³-hybridized carbons (Fsp3) is 0.143. The van der Waals surface area contributed by atoms with Crippen LogP contribution in [0.2, 0.25) is 0 Å². The summed E-state index contributed by atoms with van der Waals surface area (Å²) >= 11 is 2.64. The van der Waals surface area contributed by atoms with Gasteiger partial charge in [0.1, 0.15) is 12.7 Å². The lowest BCUT2D eigenvalue weighted by Crippen LogP contribution is -1.98. The third kappa shape index (κ3) is 2.16. The number of nitrogens with zero attached hydrogens (tertiary/aromatic N) is 4. The Bertz CT molecular complexity index is 447. The van der Waals surface area contributed by atoms with Gasteiger partial charge in [0.2, 0.25) is 0 Å². The molecule has 2 aromatic heterocycles. The summed E-state index contributed by atoms with van der Waals surface area (Å²) in [6.45, 7) is 0. The maximum Gasteiger partial charge on any atom is 0.193 e. The molecule has 0 fully saturated rings. The molecule has 78 valence electrons. The van der Waals surface area contributed by atoms with Crippen molar-refractivity contribution < 1.29 is 4.74 Å². The number of nitrogen functional groups attached to an aromatic ring is 1. The molecular formula is C7H7N5OS2. The largest absolute Gasteiger partial charge is 0.490 e. The molecule has 0 aliphatic carbocycles. The van der Waals surface area contributed by atoms with E-state index in [1.165, 1.54) is 43.1 Å². The summed E-state index contributed by atoms with van der Waals surface area (Å²) < 4.78 is 9.78. The standard InChI is InChI=1S/C7H7N5OS2/c1-13-4-5(8)9-2-10-6(4)14-7-11-3-12-15-7/h2-3H,1H3,(H2,8,9,10). The molecule has 0 bridgehead atoms. The third-order valence-electron chi connectivity index (χ3n) is 1.53. The van der Waals surface area contributed by atoms with Crippen LogP contribution in [0, 0.1) is 0 Å². The van der Waals surface area contributed by atoms with Crippen molar-refractivity contribution in [2.45, 2.75) is 9.37 Å². The first-order valence-electron chi connectivity index (χ1n) is 3.90. The van der Waals surface area contributed by atoms with E-state index >= 15 is 0 Å². The van der Waals surface area contributed by atoms with Crippen LogP contribution in [-0.4, -0.2) is 26.4 Å². The number of ether oxygens (including phenoxy) is 1. The van der Waals surface area contributed by atoms with Gasteiger partial charge >= 0.3 is 0 Å². The van der Waals surface area contributed by atoms with E-state index in [0.29, 0.717) is 16.6 Å². The van der Waals surface area contributed by atoms with E-state index < -0.39 is 0 Å². The fourth-order valence-corrected chi connectivity index (χ4v) is 2.36. The number of hydrogen-bond donors (Lipinski definition) is 1. The summed E-state index contributed by atoms with van der Waals surface area (Å²) in [5.74, 6) is 0.789. The Morgan fingerprint density at radius 3 is 2.87 bits per heavy atom. The first kappa shape index (κ1) is 10.1. The molecule has 0 aromatic carbocycles. The van der Waals surface area contributed by atoms with Crippen LogP contribution >= 0.6 is 23.3 Å². The molecule has 0 unspecified atom stereocenters. The predicted molar refractivity (Wildman–Crippen MR) is 57.0 cm³/mol. The average Bonchev–Trinajstić information content (AvgIpc) is 2.71. The summed E-state index contributed by atoms with van der Waals surface area (Å²) in [5, 5.41) is 0.641. The van der Waals surface area contributed by atoms with Gasteiger partial charge in [-0.3, -0.25) is 0 Å². The Kier molecular flexibility index (Phi) is 2.97. The van der Waals surface area contributed by atoms with Crippen molar-refractivity contribution in [1.29, 1.82) is 0 Å². The Labute approximate surface area is 94.1 Å². The summed E-state index contributed by atoms with van der Waals surface area (Å²) in [6, 6.07) is 0. The summed E-state index contributed by atoms with van der Waals surface area (Å²) in [6.07, 6.45) is 2.88. The smallest absolute Gasteiger partial charge is 0.193 e. The van der Waals surface area contributed by atoms with Crippen LogP contribution in [0.25, 0.3) is 0 Å². The molecule has 2 aromatic rings. The van der Waals surface area contributed by atoms with Crippen molar-refractivity contribution in [3.8, 4) is 5.75 Å². The fourth-order valence-electron chi connectivity index (χ4n) is 0.926. The van der Waals surface area contributed by atoms with Crippen LogP contribution < -0.4 is 10.5 Å². The normalized spacial score (nSPS) is 10.2. The van der Waals surface area contributed by atoms with Crippen LogP contribution in [-0.2, 0) is 0 Å². The number of anilines is 1. The minimum Gasteiger partial charge on any atom is -0.490 e. The molecule has 0 spiro atoms. The zero-order valence-corrected chi connectivity index (χ0v) is 9.38. The zero-order chi connectivity index (χ0) is 10.7. The Morgan fingerprint density at radius 1 is 1.33 bits per heavy atom. The monoisotopic (exact) mass is 241 g/mol. The lowest BCUT2D eigenvalue weighted by molar-refractivity contribution is 0.401. The van der Waals surface area contributed by atoms with Gasteiger partial charge in [0, 0.05) is 0 Å². The molecule has 0 saturated carbocycles. The van der Waals surface area contributed by atoms with Crippen LogP contribution in [0.1, 0.15) is 0 Å². The lowest BCUT2D eigenvalue weighted by Gasteiger charge is -2.06. The van der Waals surface area contributed by atoms with Gasteiger partial charge in [-0.2, -0.15) is 4.37 Å². The topological polar surface area (TPSA) is 86.8 Å². The van der Waals surface area contributed by atoms with Gasteiger partial charge in [0.15, 0.2) is 20.9 Å². The first-order valence-corrected chi connectivity index (χ1v) is 5.49. The molecular weight excluding hydrogens is 234 g/mol. The van der Waals surface area contributed by atoms with Crippen molar-refractivity contribution in [3.05, 3.63) is 12.7 Å². The summed E-state index contributed by atoms with van der Waals surface area (Å²) in [4.78, 5) is 11.9. The van der Waals surface area contributed by atoms with Crippen molar-refractivity contribution in [1.82, 2.24) is 19.3 Å².